The van der Waals surface area contributed by atoms with Crippen LogP contribution in [0.3, 0.4) is 0 Å². The van der Waals surface area contributed by atoms with Crippen molar-refractivity contribution in [1.82, 2.24) is 15.6 Å². The minimum atomic E-state index is -0.982. The summed E-state index contributed by atoms with van der Waals surface area (Å²) in [6, 6.07) is 20.4. The zero-order chi connectivity index (χ0) is 24.9. The molecule has 2 aromatic carbocycles. The van der Waals surface area contributed by atoms with Crippen molar-refractivity contribution in [2.24, 2.45) is 0 Å². The maximum atomic E-state index is 13.2. The first-order valence-corrected chi connectivity index (χ1v) is 11.4. The van der Waals surface area contributed by atoms with E-state index in [4.69, 9.17) is 4.74 Å². The van der Waals surface area contributed by atoms with Gasteiger partial charge in [-0.3, -0.25) is 14.6 Å². The third-order valence-corrected chi connectivity index (χ3v) is 5.41. The summed E-state index contributed by atoms with van der Waals surface area (Å²) >= 11 is 0. The van der Waals surface area contributed by atoms with Gasteiger partial charge < -0.3 is 20.5 Å². The molecule has 3 aromatic rings. The smallest absolute Gasteiger partial charge is 0.408 e. The number of ether oxygens (including phenoxy) is 1. The number of hydrogen-bond donors (Lipinski definition) is 3. The maximum absolute atomic E-state index is 13.2. The van der Waals surface area contributed by atoms with Crippen molar-refractivity contribution in [1.29, 1.82) is 0 Å². The van der Waals surface area contributed by atoms with Crippen LogP contribution in [-0.4, -0.2) is 46.6 Å². The summed E-state index contributed by atoms with van der Waals surface area (Å²) in [5.74, 6) is -1.03. The predicted molar refractivity (Wildman–Crippen MR) is 130 cm³/mol. The van der Waals surface area contributed by atoms with E-state index in [0.717, 1.165) is 11.1 Å². The van der Waals surface area contributed by atoms with Gasteiger partial charge in [-0.25, -0.2) is 4.79 Å². The number of alkyl carbamates (subject to hydrolysis) is 1. The number of aliphatic hydroxyl groups is 1. The minimum Gasteiger partial charge on any atom is -0.445 e. The van der Waals surface area contributed by atoms with Gasteiger partial charge in [0.25, 0.3) is 0 Å². The highest BCUT2D eigenvalue weighted by atomic mass is 16.5. The van der Waals surface area contributed by atoms with E-state index in [0.29, 0.717) is 18.4 Å². The van der Waals surface area contributed by atoms with Gasteiger partial charge in [0.1, 0.15) is 19.3 Å². The van der Waals surface area contributed by atoms with Crippen LogP contribution in [0.2, 0.25) is 0 Å². The second kappa shape index (κ2) is 13.6. The molecule has 2 atom stereocenters. The van der Waals surface area contributed by atoms with Crippen LogP contribution in [0.15, 0.2) is 85.2 Å². The summed E-state index contributed by atoms with van der Waals surface area (Å²) in [6.45, 7) is -0.689. The number of aliphatic hydroxyl groups excluding tert-OH is 1. The number of carbonyl (C=O) groups is 3. The molecule has 8 heteroatoms. The average molecular weight is 476 g/mol. The van der Waals surface area contributed by atoms with Crippen molar-refractivity contribution in [3.05, 3.63) is 102 Å². The Bertz CT molecular complexity index is 1080. The van der Waals surface area contributed by atoms with Crippen molar-refractivity contribution in [2.45, 2.75) is 38.0 Å². The molecule has 0 aliphatic heterocycles. The number of amides is 2. The van der Waals surface area contributed by atoms with Gasteiger partial charge >= 0.3 is 6.09 Å². The standard InChI is InChI=1S/C27H29N3O5/c31-18-25(32)23(14-13-20-8-3-1-4-9-20)29-26(33)24(16-21-10-5-2-6-11-21)30-27(34)35-19-22-12-7-15-28-17-22/h1-12,15,17,23-24,31H,13-14,16,18-19H2,(H,29,33)(H,30,34). The van der Waals surface area contributed by atoms with Gasteiger partial charge in [0.2, 0.25) is 5.91 Å². The van der Waals surface area contributed by atoms with E-state index in [9.17, 15) is 19.5 Å². The van der Waals surface area contributed by atoms with Crippen LogP contribution in [-0.2, 0) is 33.8 Å². The molecule has 0 aliphatic rings. The number of rotatable bonds is 12. The zero-order valence-electron chi connectivity index (χ0n) is 19.3. The van der Waals surface area contributed by atoms with Gasteiger partial charge in [0, 0.05) is 24.4 Å². The summed E-state index contributed by atoms with van der Waals surface area (Å²) in [5, 5.41) is 14.7. The van der Waals surface area contributed by atoms with E-state index >= 15 is 0 Å². The molecule has 1 heterocycles. The number of aryl methyl sites for hydroxylation is 1. The first-order chi connectivity index (χ1) is 17.0. The highest BCUT2D eigenvalue weighted by Crippen LogP contribution is 2.09. The molecule has 182 valence electrons. The summed E-state index contributed by atoms with van der Waals surface area (Å²) in [7, 11) is 0. The number of ketones is 1. The van der Waals surface area contributed by atoms with Crippen molar-refractivity contribution < 1.29 is 24.2 Å². The topological polar surface area (TPSA) is 118 Å². The van der Waals surface area contributed by atoms with E-state index in [2.05, 4.69) is 15.6 Å². The van der Waals surface area contributed by atoms with Crippen LogP contribution in [0, 0.1) is 0 Å². The molecule has 1 aromatic heterocycles. The van der Waals surface area contributed by atoms with Crippen molar-refractivity contribution in [2.75, 3.05) is 6.61 Å². The molecule has 0 bridgehead atoms. The molecule has 2 unspecified atom stereocenters. The highest BCUT2D eigenvalue weighted by Gasteiger charge is 2.27. The molecule has 0 saturated carbocycles. The van der Waals surface area contributed by atoms with E-state index < -0.39 is 36.5 Å². The van der Waals surface area contributed by atoms with Gasteiger partial charge in [0.05, 0.1) is 6.04 Å². The molecule has 0 saturated heterocycles. The maximum Gasteiger partial charge on any atom is 0.408 e. The van der Waals surface area contributed by atoms with Crippen molar-refractivity contribution >= 4 is 17.8 Å². The number of aromatic nitrogens is 1. The minimum absolute atomic E-state index is 0.00203. The number of benzene rings is 2. The summed E-state index contributed by atoms with van der Waals surface area (Å²) < 4.78 is 5.25. The third-order valence-electron chi connectivity index (χ3n) is 5.41. The van der Waals surface area contributed by atoms with Crippen LogP contribution in [0.4, 0.5) is 4.79 Å². The fraction of sp³-hybridized carbons (Fsp3) is 0.259. The third kappa shape index (κ3) is 8.68. The fourth-order valence-electron chi connectivity index (χ4n) is 3.53. The number of nitrogens with one attached hydrogen (secondary N) is 2. The van der Waals surface area contributed by atoms with Crippen LogP contribution < -0.4 is 10.6 Å². The lowest BCUT2D eigenvalue weighted by Gasteiger charge is -2.22. The van der Waals surface area contributed by atoms with Gasteiger partial charge in [-0.1, -0.05) is 66.7 Å². The second-order valence-electron chi connectivity index (χ2n) is 8.03. The summed E-state index contributed by atoms with van der Waals surface area (Å²) in [4.78, 5) is 42.0. The Kier molecular flexibility index (Phi) is 9.95. The van der Waals surface area contributed by atoms with Gasteiger partial charge in [-0.15, -0.1) is 0 Å². The lowest BCUT2D eigenvalue weighted by Crippen LogP contribution is -2.53. The number of hydrogen-bond acceptors (Lipinski definition) is 6. The highest BCUT2D eigenvalue weighted by molar-refractivity contribution is 5.92. The number of pyridine rings is 1. The van der Waals surface area contributed by atoms with Crippen LogP contribution in [0.1, 0.15) is 23.1 Å². The Morgan fingerprint density at radius 3 is 2.11 bits per heavy atom. The molecule has 3 rings (SSSR count). The van der Waals surface area contributed by atoms with E-state index in [1.54, 1.807) is 24.5 Å². The predicted octanol–water partition coefficient (Wildman–Crippen LogP) is 2.60. The molecule has 8 nitrogen and oxygen atoms in total. The first-order valence-electron chi connectivity index (χ1n) is 11.4. The summed E-state index contributed by atoms with van der Waals surface area (Å²) in [5.41, 5.74) is 2.55. The Hall–Kier alpha value is -4.04. The molecule has 35 heavy (non-hydrogen) atoms. The second-order valence-corrected chi connectivity index (χ2v) is 8.03. The first kappa shape index (κ1) is 25.6. The molecule has 2 amide bonds. The Morgan fingerprint density at radius 1 is 0.829 bits per heavy atom. The van der Waals surface area contributed by atoms with Crippen LogP contribution in [0.25, 0.3) is 0 Å². The largest absolute Gasteiger partial charge is 0.445 e. The van der Waals surface area contributed by atoms with Gasteiger partial charge in [-0.2, -0.15) is 0 Å². The Balaban J connectivity index is 1.67. The molecule has 0 spiro atoms. The SMILES string of the molecule is O=C(NC(Cc1ccccc1)C(=O)NC(CCc1ccccc1)C(=O)CO)OCc1cccnc1. The van der Waals surface area contributed by atoms with Crippen LogP contribution >= 0.6 is 0 Å². The number of carbonyl (C=O) groups excluding carboxylic acids is 3. The molecule has 0 radical (unpaired) electrons. The van der Waals surface area contributed by atoms with Gasteiger partial charge in [-0.05, 0) is 30.0 Å². The lowest BCUT2D eigenvalue weighted by atomic mass is 10.0. The van der Waals surface area contributed by atoms with E-state index in [-0.39, 0.29) is 13.0 Å². The molecule has 3 N–H and O–H groups in total. The lowest BCUT2D eigenvalue weighted by molar-refractivity contribution is -0.130. The molecule has 0 fully saturated rings. The van der Waals surface area contributed by atoms with E-state index in [1.165, 1.54) is 0 Å². The van der Waals surface area contributed by atoms with Crippen LogP contribution in [0.5, 0.6) is 0 Å². The molecular weight excluding hydrogens is 446 g/mol. The monoisotopic (exact) mass is 475 g/mol. The zero-order valence-corrected chi connectivity index (χ0v) is 19.3. The fourth-order valence-corrected chi connectivity index (χ4v) is 3.53. The van der Waals surface area contributed by atoms with Crippen molar-refractivity contribution in [3.8, 4) is 0 Å². The molecule has 0 aliphatic carbocycles. The average Bonchev–Trinajstić information content (AvgIpc) is 2.90. The number of nitrogens with zero attached hydrogens (tertiary/aromatic N) is 1. The number of Topliss-reactive ketones (excluding diaryl/α,β-unsaturated/α-hetero) is 1. The van der Waals surface area contributed by atoms with E-state index in [1.807, 2.05) is 60.7 Å². The van der Waals surface area contributed by atoms with Gasteiger partial charge in [0.15, 0.2) is 5.78 Å². The Morgan fingerprint density at radius 2 is 1.49 bits per heavy atom. The Labute approximate surface area is 204 Å². The van der Waals surface area contributed by atoms with Crippen molar-refractivity contribution in [3.63, 3.8) is 0 Å². The summed E-state index contributed by atoms with van der Waals surface area (Å²) in [6.07, 6.45) is 3.50. The quantitative estimate of drug-likeness (QED) is 0.371. The normalized spacial score (nSPS) is 12.3. The molecular formula is C27H29N3O5.